The Morgan fingerprint density at radius 1 is 1.02 bits per heavy atom. The van der Waals surface area contributed by atoms with Crippen molar-refractivity contribution < 1.29 is 36.6 Å². The van der Waals surface area contributed by atoms with Gasteiger partial charge in [-0.3, -0.25) is 19.6 Å². The van der Waals surface area contributed by atoms with Crippen molar-refractivity contribution in [1.29, 1.82) is 0 Å². The second kappa shape index (κ2) is 13.4. The van der Waals surface area contributed by atoms with E-state index in [-0.39, 0.29) is 40.7 Å². The normalized spacial score (nSPS) is 27.6. The van der Waals surface area contributed by atoms with Crippen molar-refractivity contribution in [3.8, 4) is 17.3 Å². The van der Waals surface area contributed by atoms with Crippen LogP contribution < -0.4 is 9.64 Å². The van der Waals surface area contributed by atoms with E-state index in [4.69, 9.17) is 19.2 Å². The Morgan fingerprint density at radius 2 is 1.85 bits per heavy atom. The van der Waals surface area contributed by atoms with Crippen molar-refractivity contribution in [3.63, 3.8) is 0 Å². The van der Waals surface area contributed by atoms with Crippen molar-refractivity contribution >= 4 is 33.4 Å². The topological polar surface area (TPSA) is 96.4 Å². The first kappa shape index (κ1) is 35.0. The highest BCUT2D eigenvalue weighted by molar-refractivity contribution is 5.99. The summed E-state index contributed by atoms with van der Waals surface area (Å²) in [5.41, 5.74) is -1.36. The van der Waals surface area contributed by atoms with Crippen LogP contribution in [-0.2, 0) is 14.3 Å². The van der Waals surface area contributed by atoms with Crippen LogP contribution in [0.25, 0.3) is 32.9 Å². The lowest BCUT2D eigenvalue weighted by Gasteiger charge is -2.55. The second-order valence-electron chi connectivity index (χ2n) is 16.0. The Kier molecular flexibility index (Phi) is 8.50. The molecule has 2 aromatic carbocycles. The SMILES string of the molecule is O=C(/C=C/CN1CC2CC(C1)O2)N1CCN(c2nc(OC[C@@]34CCCN3C[C@H](F)C4)nc3c(F)c(-c4cccc5ccc(F)c(F)c45)ncc23)CC12COC2. The molecule has 7 aliphatic heterocycles. The molecule has 0 aliphatic carbocycles. The average Bonchev–Trinajstić information content (AvgIpc) is 3.69. The van der Waals surface area contributed by atoms with E-state index in [0.717, 1.165) is 45.0 Å². The molecule has 0 radical (unpaired) electrons. The van der Waals surface area contributed by atoms with Gasteiger partial charge in [-0.15, -0.1) is 0 Å². The summed E-state index contributed by atoms with van der Waals surface area (Å²) in [7, 11) is 0. The van der Waals surface area contributed by atoms with Gasteiger partial charge < -0.3 is 24.0 Å². The maximum absolute atomic E-state index is 16.9. The minimum atomic E-state index is -1.10. The number of aromatic nitrogens is 3. The van der Waals surface area contributed by atoms with E-state index in [2.05, 4.69) is 19.8 Å². The number of nitrogens with zero attached hydrogens (tertiary/aromatic N) is 7. The van der Waals surface area contributed by atoms with Crippen LogP contribution in [0.4, 0.5) is 23.4 Å². The number of carbonyl (C=O) groups is 1. The van der Waals surface area contributed by atoms with Crippen molar-refractivity contribution in [2.24, 2.45) is 0 Å². The van der Waals surface area contributed by atoms with Crippen LogP contribution in [-0.4, -0.2) is 137 Å². The van der Waals surface area contributed by atoms with Gasteiger partial charge in [0.15, 0.2) is 17.5 Å². The third-order valence-corrected chi connectivity index (χ3v) is 12.5. The number of amides is 1. The van der Waals surface area contributed by atoms with E-state index >= 15 is 8.78 Å². The molecule has 1 amide bonds. The first-order chi connectivity index (χ1) is 26.7. The molecule has 7 fully saturated rings. The predicted octanol–water partition coefficient (Wildman–Crippen LogP) is 4.66. The highest BCUT2D eigenvalue weighted by Crippen LogP contribution is 2.42. The molecular formula is C40H41F4N7O4. The number of fused-ring (bicyclic) bond motifs is 5. The van der Waals surface area contributed by atoms with Gasteiger partial charge in [0.25, 0.3) is 0 Å². The van der Waals surface area contributed by atoms with E-state index in [1.165, 1.54) is 18.3 Å². The third-order valence-electron chi connectivity index (χ3n) is 12.5. The van der Waals surface area contributed by atoms with Crippen LogP contribution in [0.1, 0.15) is 25.7 Å². The minimum Gasteiger partial charge on any atom is -0.461 e. The summed E-state index contributed by atoms with van der Waals surface area (Å²) in [6.45, 7) is 5.39. The Labute approximate surface area is 314 Å². The smallest absolute Gasteiger partial charge is 0.319 e. The van der Waals surface area contributed by atoms with Gasteiger partial charge in [0.2, 0.25) is 5.91 Å². The molecule has 55 heavy (non-hydrogen) atoms. The Hall–Kier alpha value is -4.44. The van der Waals surface area contributed by atoms with Crippen LogP contribution in [0, 0.1) is 17.5 Å². The lowest BCUT2D eigenvalue weighted by atomic mass is 9.91. The number of anilines is 1. The fourth-order valence-corrected chi connectivity index (χ4v) is 9.74. The summed E-state index contributed by atoms with van der Waals surface area (Å²) in [5.74, 6) is -2.73. The molecule has 11 rings (SSSR count). The maximum Gasteiger partial charge on any atom is 0.319 e. The lowest BCUT2D eigenvalue weighted by molar-refractivity contribution is -0.178. The fourth-order valence-electron chi connectivity index (χ4n) is 9.74. The summed E-state index contributed by atoms with van der Waals surface area (Å²) in [5, 5.41) is 0.593. The molecule has 7 aliphatic rings. The summed E-state index contributed by atoms with van der Waals surface area (Å²) in [6, 6.07) is 7.14. The number of piperazine rings is 1. The highest BCUT2D eigenvalue weighted by atomic mass is 19.2. The molecule has 7 saturated heterocycles. The Morgan fingerprint density at radius 3 is 2.65 bits per heavy atom. The molecule has 4 aromatic rings. The van der Waals surface area contributed by atoms with Gasteiger partial charge in [-0.2, -0.15) is 9.97 Å². The van der Waals surface area contributed by atoms with Crippen LogP contribution in [0.5, 0.6) is 6.01 Å². The molecule has 2 aromatic heterocycles. The van der Waals surface area contributed by atoms with Gasteiger partial charge >= 0.3 is 6.01 Å². The van der Waals surface area contributed by atoms with E-state index in [9.17, 15) is 13.6 Å². The van der Waals surface area contributed by atoms with Crippen molar-refractivity contribution in [2.75, 3.05) is 77.1 Å². The number of piperidine rings is 1. The van der Waals surface area contributed by atoms with E-state index in [0.29, 0.717) is 81.2 Å². The molecule has 288 valence electrons. The largest absolute Gasteiger partial charge is 0.461 e. The van der Waals surface area contributed by atoms with Crippen LogP contribution >= 0.6 is 0 Å². The van der Waals surface area contributed by atoms with Gasteiger partial charge in [-0.25, -0.2) is 17.6 Å². The fraction of sp³-hybridized carbons (Fsp3) is 0.500. The molecule has 1 spiro atoms. The number of alkyl halides is 1. The summed E-state index contributed by atoms with van der Waals surface area (Å²) in [6.07, 6.45) is 7.74. The van der Waals surface area contributed by atoms with Gasteiger partial charge in [0.05, 0.1) is 36.3 Å². The zero-order valence-electron chi connectivity index (χ0n) is 30.2. The summed E-state index contributed by atoms with van der Waals surface area (Å²) >= 11 is 0. The first-order valence-corrected chi connectivity index (χ1v) is 19.1. The van der Waals surface area contributed by atoms with Crippen LogP contribution in [0.2, 0.25) is 0 Å². The summed E-state index contributed by atoms with van der Waals surface area (Å²) in [4.78, 5) is 35.7. The molecule has 15 heteroatoms. The van der Waals surface area contributed by atoms with Crippen molar-refractivity contribution in [2.45, 2.75) is 55.1 Å². The van der Waals surface area contributed by atoms with Gasteiger partial charge in [-0.1, -0.05) is 30.3 Å². The number of rotatable bonds is 8. The molecular weight excluding hydrogens is 718 g/mol. The zero-order chi connectivity index (χ0) is 37.5. The lowest BCUT2D eigenvalue weighted by Crippen LogP contribution is -2.72. The van der Waals surface area contributed by atoms with E-state index in [1.54, 1.807) is 18.2 Å². The second-order valence-corrected chi connectivity index (χ2v) is 16.0. The zero-order valence-corrected chi connectivity index (χ0v) is 30.2. The predicted molar refractivity (Wildman–Crippen MR) is 195 cm³/mol. The molecule has 2 bridgehead atoms. The monoisotopic (exact) mass is 759 g/mol. The Bertz CT molecular complexity index is 2210. The van der Waals surface area contributed by atoms with E-state index < -0.39 is 34.7 Å². The van der Waals surface area contributed by atoms with Gasteiger partial charge in [0.1, 0.15) is 35.3 Å². The number of morpholine rings is 1. The molecule has 2 unspecified atom stereocenters. The maximum atomic E-state index is 16.9. The third kappa shape index (κ3) is 5.92. The average molecular weight is 760 g/mol. The quantitative estimate of drug-likeness (QED) is 0.187. The van der Waals surface area contributed by atoms with Crippen LogP contribution in [0.3, 0.4) is 0 Å². The Balaban J connectivity index is 0.987. The van der Waals surface area contributed by atoms with Gasteiger partial charge in [0, 0.05) is 81.9 Å². The molecule has 11 nitrogen and oxygen atoms in total. The van der Waals surface area contributed by atoms with E-state index in [1.807, 2.05) is 15.9 Å². The first-order valence-electron chi connectivity index (χ1n) is 19.1. The number of hydrogen-bond donors (Lipinski definition) is 0. The van der Waals surface area contributed by atoms with Crippen LogP contribution in [0.15, 0.2) is 48.7 Å². The summed E-state index contributed by atoms with van der Waals surface area (Å²) < 4.78 is 79.0. The number of hydrogen-bond acceptors (Lipinski definition) is 10. The number of carbonyl (C=O) groups excluding carboxylic acids is 1. The number of halogens is 4. The van der Waals surface area contributed by atoms with Crippen molar-refractivity contribution in [3.05, 3.63) is 66.1 Å². The highest BCUT2D eigenvalue weighted by Gasteiger charge is 2.51. The number of ether oxygens (including phenoxy) is 3. The van der Waals surface area contributed by atoms with Crippen molar-refractivity contribution in [1.82, 2.24) is 29.7 Å². The standard InChI is InChI=1S/C40H41F4N7O4/c41-25-15-39(9-3-11-50(39)17-25)23-54-38-46-36-29(16-45-35(34(36)44)28-5-1-4-24-7-8-30(42)33(43)32(24)28)37(47-38)49-12-13-51(40(20-49)21-53-22-40)31(52)6-2-10-48-18-26-14-27(19-48)55-26/h1-2,4-8,16,25-27H,3,9-15,17-23H2/b6-2+/t25-,26?,27?,39+/m1/s1. The molecule has 9 heterocycles. The molecule has 4 atom stereocenters. The van der Waals surface area contributed by atoms with Gasteiger partial charge in [-0.05, 0) is 30.8 Å². The number of pyridine rings is 1. The number of benzene rings is 2. The minimum absolute atomic E-state index is 0.0770. The molecule has 0 saturated carbocycles. The molecule has 0 N–H and O–H groups in total.